The first-order valence-corrected chi connectivity index (χ1v) is 5.22. The zero-order valence-corrected chi connectivity index (χ0v) is 9.55. The van der Waals surface area contributed by atoms with Crippen molar-refractivity contribution in [3.05, 3.63) is 10.9 Å². The van der Waals surface area contributed by atoms with E-state index in [-0.39, 0.29) is 5.83 Å². The van der Waals surface area contributed by atoms with Gasteiger partial charge in [0.25, 0.3) is 0 Å². The summed E-state index contributed by atoms with van der Waals surface area (Å²) < 4.78 is 12.5. The van der Waals surface area contributed by atoms with Crippen LogP contribution < -0.4 is 0 Å². The average Bonchev–Trinajstić information content (AvgIpc) is 2.03. The lowest BCUT2D eigenvalue weighted by molar-refractivity contribution is 0.634. The van der Waals surface area contributed by atoms with E-state index < -0.39 is 0 Å². The Hall–Kier alpha value is -0.310. The largest absolute Gasteiger partial charge is 0.249 e. The third-order valence-corrected chi connectivity index (χ3v) is 1.57. The molecule has 0 radical (unpaired) electrons. The molecule has 0 aromatic carbocycles. The Kier molecular flexibility index (Phi) is 10.4. The van der Waals surface area contributed by atoms with Crippen LogP contribution in [0.15, 0.2) is 15.8 Å². The number of allylic oxidation sites excluding steroid dienone is 1. The molecule has 0 N–H and O–H groups in total. The van der Waals surface area contributed by atoms with Gasteiger partial charge in [0.15, 0.2) is 0 Å². The van der Waals surface area contributed by atoms with Crippen LogP contribution in [0.2, 0.25) is 0 Å². The highest BCUT2D eigenvalue weighted by molar-refractivity contribution is 8.02. The van der Waals surface area contributed by atoms with E-state index in [1.54, 1.807) is 0 Å². The van der Waals surface area contributed by atoms with Gasteiger partial charge in [0.1, 0.15) is 10.9 Å². The van der Waals surface area contributed by atoms with Gasteiger partial charge in [-0.15, -0.1) is 11.8 Å². The summed E-state index contributed by atoms with van der Waals surface area (Å²) >= 11 is 1.32. The minimum absolute atomic E-state index is 0.214. The molecule has 1 nitrogen and oxygen atoms in total. The standard InChI is InChI=1S/C7H12FNS.C2H6/c1-5(2)9-7(10-4)6(3)8;1-2/h1-4H3;1-2H3/b7-6-;. The first kappa shape index (κ1) is 14.2. The monoisotopic (exact) mass is 191 g/mol. The Morgan fingerprint density at radius 2 is 1.58 bits per heavy atom. The number of hydrogen-bond acceptors (Lipinski definition) is 2. The second-order valence-electron chi connectivity index (χ2n) is 2.10. The van der Waals surface area contributed by atoms with Crippen LogP contribution in [-0.2, 0) is 0 Å². The van der Waals surface area contributed by atoms with Crippen molar-refractivity contribution in [2.75, 3.05) is 6.26 Å². The number of thioether (sulfide) groups is 1. The third kappa shape index (κ3) is 7.79. The SMILES string of the molecule is CC.CS/C(N=C(C)C)=C(/C)F. The van der Waals surface area contributed by atoms with Crippen LogP contribution in [0, 0.1) is 0 Å². The van der Waals surface area contributed by atoms with Crippen LogP contribution in [0.5, 0.6) is 0 Å². The molecule has 0 aromatic rings. The predicted molar refractivity (Wildman–Crippen MR) is 57.5 cm³/mol. The molecule has 0 rings (SSSR count). The van der Waals surface area contributed by atoms with E-state index in [0.29, 0.717) is 5.03 Å². The lowest BCUT2D eigenvalue weighted by atomic mass is 10.5. The van der Waals surface area contributed by atoms with Gasteiger partial charge < -0.3 is 0 Å². The number of rotatable bonds is 2. The topological polar surface area (TPSA) is 12.4 Å². The van der Waals surface area contributed by atoms with Gasteiger partial charge in [-0.1, -0.05) is 13.8 Å². The summed E-state index contributed by atoms with van der Waals surface area (Å²) in [7, 11) is 0. The summed E-state index contributed by atoms with van der Waals surface area (Å²) in [5.74, 6) is -0.214. The fourth-order valence-corrected chi connectivity index (χ4v) is 1.02. The molecule has 0 atom stereocenters. The highest BCUT2D eigenvalue weighted by atomic mass is 32.2. The number of aliphatic imine (C=N–C) groups is 1. The zero-order chi connectivity index (χ0) is 10.1. The maximum atomic E-state index is 12.5. The Labute approximate surface area is 79.2 Å². The molecule has 0 aromatic heterocycles. The minimum Gasteiger partial charge on any atom is -0.249 e. The summed E-state index contributed by atoms with van der Waals surface area (Å²) in [6, 6.07) is 0. The van der Waals surface area contributed by atoms with Crippen LogP contribution in [-0.4, -0.2) is 12.0 Å². The maximum absolute atomic E-state index is 12.5. The van der Waals surface area contributed by atoms with E-state index >= 15 is 0 Å². The van der Waals surface area contributed by atoms with Crippen molar-refractivity contribution in [2.45, 2.75) is 34.6 Å². The van der Waals surface area contributed by atoms with E-state index in [9.17, 15) is 4.39 Å². The predicted octanol–water partition coefficient (Wildman–Crippen LogP) is 4.01. The summed E-state index contributed by atoms with van der Waals surface area (Å²) in [5.41, 5.74) is 0.876. The van der Waals surface area contributed by atoms with Gasteiger partial charge >= 0.3 is 0 Å². The van der Waals surface area contributed by atoms with Crippen molar-refractivity contribution >= 4 is 17.5 Å². The van der Waals surface area contributed by atoms with Crippen molar-refractivity contribution in [1.29, 1.82) is 0 Å². The molecule has 3 heteroatoms. The molecule has 72 valence electrons. The van der Waals surface area contributed by atoms with Crippen LogP contribution in [0.4, 0.5) is 4.39 Å². The van der Waals surface area contributed by atoms with Crippen LogP contribution in [0.25, 0.3) is 0 Å². The minimum atomic E-state index is -0.214. The van der Waals surface area contributed by atoms with Crippen molar-refractivity contribution in [2.24, 2.45) is 4.99 Å². The van der Waals surface area contributed by atoms with Crippen molar-refractivity contribution in [1.82, 2.24) is 0 Å². The Morgan fingerprint density at radius 1 is 1.17 bits per heavy atom. The molecule has 0 fully saturated rings. The van der Waals surface area contributed by atoms with Gasteiger partial charge in [0.2, 0.25) is 0 Å². The molecule has 12 heavy (non-hydrogen) atoms. The lowest BCUT2D eigenvalue weighted by Crippen LogP contribution is -1.82. The maximum Gasteiger partial charge on any atom is 0.129 e. The van der Waals surface area contributed by atoms with Crippen LogP contribution in [0.3, 0.4) is 0 Å². The van der Waals surface area contributed by atoms with Crippen molar-refractivity contribution in [3.63, 3.8) is 0 Å². The van der Waals surface area contributed by atoms with E-state index in [1.165, 1.54) is 18.7 Å². The number of hydrogen-bond donors (Lipinski definition) is 0. The molecule has 0 aliphatic heterocycles. The van der Waals surface area contributed by atoms with E-state index in [4.69, 9.17) is 0 Å². The van der Waals surface area contributed by atoms with E-state index in [2.05, 4.69) is 4.99 Å². The van der Waals surface area contributed by atoms with Gasteiger partial charge in [-0.3, -0.25) is 0 Å². The molecule has 0 saturated carbocycles. The summed E-state index contributed by atoms with van der Waals surface area (Å²) in [4.78, 5) is 3.98. The summed E-state index contributed by atoms with van der Waals surface area (Å²) in [6.07, 6.45) is 1.81. The first-order chi connectivity index (χ1) is 5.57. The fourth-order valence-electron chi connectivity index (χ4n) is 0.466. The number of nitrogens with zero attached hydrogens (tertiary/aromatic N) is 1. The number of halogens is 1. The first-order valence-electron chi connectivity index (χ1n) is 4.00. The van der Waals surface area contributed by atoms with Gasteiger partial charge in [-0.2, -0.15) is 0 Å². The Bertz CT molecular complexity index is 165. The quantitative estimate of drug-likeness (QED) is 0.601. The molecule has 0 amide bonds. The van der Waals surface area contributed by atoms with Crippen LogP contribution in [0.1, 0.15) is 34.6 Å². The van der Waals surface area contributed by atoms with Crippen LogP contribution >= 0.6 is 11.8 Å². The molecular formula is C9H18FNS. The molecule has 0 heterocycles. The van der Waals surface area contributed by atoms with Crippen molar-refractivity contribution < 1.29 is 4.39 Å². The Balaban J connectivity index is 0. The molecule has 0 saturated heterocycles. The van der Waals surface area contributed by atoms with Gasteiger partial charge in [-0.05, 0) is 27.0 Å². The van der Waals surface area contributed by atoms with Crippen molar-refractivity contribution in [3.8, 4) is 0 Å². The van der Waals surface area contributed by atoms with Gasteiger partial charge in [0.05, 0.1) is 0 Å². The van der Waals surface area contributed by atoms with Gasteiger partial charge in [0, 0.05) is 5.71 Å². The van der Waals surface area contributed by atoms with E-state index in [0.717, 1.165) is 5.71 Å². The Morgan fingerprint density at radius 3 is 1.67 bits per heavy atom. The molecule has 0 unspecified atom stereocenters. The second kappa shape index (κ2) is 8.78. The normalized spacial score (nSPS) is 10.9. The lowest BCUT2D eigenvalue weighted by Gasteiger charge is -1.96. The second-order valence-corrected chi connectivity index (χ2v) is 2.90. The fraction of sp³-hybridized carbons (Fsp3) is 0.667. The molecule has 0 aliphatic carbocycles. The molecule has 0 aliphatic rings. The summed E-state index contributed by atoms with van der Waals surface area (Å²) in [5, 5.41) is 0.472. The summed E-state index contributed by atoms with van der Waals surface area (Å²) in [6.45, 7) is 9.11. The smallest absolute Gasteiger partial charge is 0.129 e. The van der Waals surface area contributed by atoms with Gasteiger partial charge in [-0.25, -0.2) is 9.38 Å². The third-order valence-electron chi connectivity index (χ3n) is 0.813. The zero-order valence-electron chi connectivity index (χ0n) is 8.73. The highest BCUT2D eigenvalue weighted by Crippen LogP contribution is 2.18. The van der Waals surface area contributed by atoms with E-state index in [1.807, 2.05) is 34.0 Å². The molecule has 0 spiro atoms. The molecule has 0 bridgehead atoms. The molecular weight excluding hydrogens is 173 g/mol. The highest BCUT2D eigenvalue weighted by Gasteiger charge is 1.96. The average molecular weight is 191 g/mol.